The summed E-state index contributed by atoms with van der Waals surface area (Å²) in [7, 11) is 0. The maximum Gasteiger partial charge on any atom is -0.344 e. The first-order valence-corrected chi connectivity index (χ1v) is 8.16. The first-order chi connectivity index (χ1) is 4.41. The van der Waals surface area contributed by atoms with Crippen molar-refractivity contribution in [3.8, 4) is 0 Å². The summed E-state index contributed by atoms with van der Waals surface area (Å²) in [4.78, 5) is 0. The summed E-state index contributed by atoms with van der Waals surface area (Å²) in [6.07, 6.45) is 5.84. The van der Waals surface area contributed by atoms with Crippen molar-refractivity contribution in [1.29, 1.82) is 0 Å². The number of rotatable bonds is 6. The van der Waals surface area contributed by atoms with Crippen LogP contribution in [0.15, 0.2) is 0 Å². The van der Waals surface area contributed by atoms with Gasteiger partial charge in [0, 0.05) is 0 Å². The van der Waals surface area contributed by atoms with Gasteiger partial charge < -0.3 is 6.15 Å². The van der Waals surface area contributed by atoms with E-state index in [0.29, 0.717) is 0 Å². The average molecular weight is 250 g/mol. The van der Waals surface area contributed by atoms with Gasteiger partial charge in [-0.3, -0.25) is 0 Å². The van der Waals surface area contributed by atoms with Gasteiger partial charge in [0.25, 0.3) is 0 Å². The van der Waals surface area contributed by atoms with Gasteiger partial charge in [0.1, 0.15) is 0 Å². The van der Waals surface area contributed by atoms with E-state index in [1.807, 2.05) is 0 Å². The van der Waals surface area contributed by atoms with Gasteiger partial charge in [-0.25, -0.2) is 0 Å². The van der Waals surface area contributed by atoms with Crippen LogP contribution in [0.4, 0.5) is 0 Å². The molecule has 2 radical (unpaired) electrons. The Hall–Kier alpha value is 0.759. The Kier molecular flexibility index (Phi) is 16.6. The van der Waals surface area contributed by atoms with E-state index in [4.69, 9.17) is 0 Å². The molecule has 0 rings (SSSR count). The Labute approximate surface area is 75.8 Å². The minimum absolute atomic E-state index is 0. The first-order valence-electron chi connectivity index (χ1n) is 4.12. The second kappa shape index (κ2) is 12.4. The normalized spacial score (nSPS) is 9.00. The van der Waals surface area contributed by atoms with Gasteiger partial charge in [0.15, 0.2) is 0 Å². The maximum atomic E-state index is 2.29. The van der Waals surface area contributed by atoms with Crippen LogP contribution in [0.3, 0.4) is 0 Å². The summed E-state index contributed by atoms with van der Waals surface area (Å²) in [6.45, 7) is 4.58. The minimum Gasteiger partial charge on any atom is -0.344 e. The minimum atomic E-state index is 0. The molecule has 1 nitrogen and oxygen atoms in total. The predicted octanol–water partition coefficient (Wildman–Crippen LogP) is 3.29. The van der Waals surface area contributed by atoms with E-state index < -0.39 is 0 Å². The Morgan fingerprint density at radius 2 is 1.30 bits per heavy atom. The molecule has 0 aliphatic rings. The van der Waals surface area contributed by atoms with Gasteiger partial charge >= 0.3 is 69.5 Å². The van der Waals surface area contributed by atoms with Crippen LogP contribution in [0.5, 0.6) is 0 Å². The first kappa shape index (κ1) is 13.4. The fourth-order valence-electron chi connectivity index (χ4n) is 0.729. The van der Waals surface area contributed by atoms with Crippen molar-refractivity contribution in [2.24, 2.45) is 0 Å². The summed E-state index contributed by atoms with van der Waals surface area (Å²) < 4.78 is 3.25. The number of unbranched alkanes of at least 4 members (excludes halogenated alkanes) is 2. The summed E-state index contributed by atoms with van der Waals surface area (Å²) in [5, 5.41) is 0. The smallest absolute Gasteiger partial charge is 0.344 e. The average Bonchev–Trinajstić information content (AvgIpc) is 1.89. The zero-order valence-electron chi connectivity index (χ0n) is 7.45. The largest absolute Gasteiger partial charge is 0.344 e. The molecule has 0 saturated heterocycles. The predicted molar refractivity (Wildman–Crippen MR) is 50.2 cm³/mol. The Morgan fingerprint density at radius 1 is 0.900 bits per heavy atom. The molecule has 0 aliphatic heterocycles. The molecule has 0 spiro atoms. The Morgan fingerprint density at radius 3 is 1.60 bits per heavy atom. The van der Waals surface area contributed by atoms with Gasteiger partial charge in [-0.1, -0.05) is 0 Å². The molecule has 0 aromatic heterocycles. The molecule has 0 aliphatic carbocycles. The molecular formula is C8H21NSn. The molecule has 2 heteroatoms. The molecule has 0 bridgehead atoms. The van der Waals surface area contributed by atoms with Crippen molar-refractivity contribution in [2.45, 2.75) is 48.4 Å². The van der Waals surface area contributed by atoms with Crippen molar-refractivity contribution >= 4 is 21.1 Å². The van der Waals surface area contributed by atoms with E-state index in [2.05, 4.69) is 13.8 Å². The van der Waals surface area contributed by atoms with E-state index in [9.17, 15) is 0 Å². The molecule has 0 aromatic rings. The van der Waals surface area contributed by atoms with Crippen molar-refractivity contribution in [1.82, 2.24) is 6.15 Å². The Bertz CT molecular complexity index is 42.5. The third kappa shape index (κ3) is 11.5. The summed E-state index contributed by atoms with van der Waals surface area (Å²) in [6, 6.07) is 0. The topological polar surface area (TPSA) is 35.0 Å². The molecule has 10 heavy (non-hydrogen) atoms. The molecule has 0 amide bonds. The van der Waals surface area contributed by atoms with E-state index in [1.165, 1.54) is 25.7 Å². The molecule has 0 aromatic carbocycles. The van der Waals surface area contributed by atoms with Crippen LogP contribution in [-0.2, 0) is 0 Å². The van der Waals surface area contributed by atoms with Gasteiger partial charge in [-0.2, -0.15) is 0 Å². The second-order valence-corrected chi connectivity index (χ2v) is 6.74. The second-order valence-electron chi connectivity index (χ2n) is 2.46. The summed E-state index contributed by atoms with van der Waals surface area (Å²) in [5.41, 5.74) is 0. The summed E-state index contributed by atoms with van der Waals surface area (Å²) in [5.74, 6) is 0. The van der Waals surface area contributed by atoms with E-state index in [1.54, 1.807) is 8.87 Å². The van der Waals surface area contributed by atoms with Crippen molar-refractivity contribution in [3.63, 3.8) is 0 Å². The molecule has 62 valence electrons. The third-order valence-corrected chi connectivity index (χ3v) is 5.45. The van der Waals surface area contributed by atoms with Crippen LogP contribution < -0.4 is 6.15 Å². The van der Waals surface area contributed by atoms with Crippen molar-refractivity contribution in [3.05, 3.63) is 0 Å². The van der Waals surface area contributed by atoms with E-state index in [-0.39, 0.29) is 27.3 Å². The number of hydrogen-bond acceptors (Lipinski definition) is 1. The third-order valence-electron chi connectivity index (χ3n) is 1.41. The maximum absolute atomic E-state index is 2.29. The molecule has 0 atom stereocenters. The van der Waals surface area contributed by atoms with Crippen LogP contribution in [0.2, 0.25) is 8.87 Å². The SMILES string of the molecule is CCC[CH2][Sn][CH2]CCC.N. The monoisotopic (exact) mass is 251 g/mol. The zero-order valence-corrected chi connectivity index (χ0v) is 10.3. The van der Waals surface area contributed by atoms with Gasteiger partial charge in [-0.15, -0.1) is 0 Å². The molecule has 0 fully saturated rings. The molecular weight excluding hydrogens is 229 g/mol. The summed E-state index contributed by atoms with van der Waals surface area (Å²) >= 11 is 0.149. The van der Waals surface area contributed by atoms with Crippen LogP contribution >= 0.6 is 0 Å². The molecule has 3 N–H and O–H groups in total. The van der Waals surface area contributed by atoms with Crippen LogP contribution in [0, 0.1) is 0 Å². The van der Waals surface area contributed by atoms with Gasteiger partial charge in [0.2, 0.25) is 0 Å². The molecule has 0 heterocycles. The zero-order chi connectivity index (χ0) is 6.95. The quantitative estimate of drug-likeness (QED) is 0.569. The molecule has 0 unspecified atom stereocenters. The van der Waals surface area contributed by atoms with E-state index in [0.717, 1.165) is 0 Å². The van der Waals surface area contributed by atoms with E-state index >= 15 is 0 Å². The fourth-order valence-corrected chi connectivity index (χ4v) is 4.89. The van der Waals surface area contributed by atoms with Gasteiger partial charge in [0.05, 0.1) is 0 Å². The van der Waals surface area contributed by atoms with Crippen molar-refractivity contribution in [2.75, 3.05) is 0 Å². The van der Waals surface area contributed by atoms with Crippen molar-refractivity contribution < 1.29 is 0 Å². The standard InChI is InChI=1S/2C4H9.H3N.Sn/c2*1-3-4-2;;/h2*1,3-4H2,2H3;1H3;. The van der Waals surface area contributed by atoms with Crippen LogP contribution in [-0.4, -0.2) is 21.1 Å². The Balaban J connectivity index is 0. The number of hydrogen-bond donors (Lipinski definition) is 1. The van der Waals surface area contributed by atoms with Crippen LogP contribution in [0.1, 0.15) is 39.5 Å². The molecule has 0 saturated carbocycles. The van der Waals surface area contributed by atoms with Crippen LogP contribution in [0.25, 0.3) is 0 Å². The van der Waals surface area contributed by atoms with Gasteiger partial charge in [-0.05, 0) is 0 Å². The fraction of sp³-hybridized carbons (Fsp3) is 1.00.